The lowest BCUT2D eigenvalue weighted by Crippen LogP contribution is -2.31. The van der Waals surface area contributed by atoms with E-state index in [2.05, 4.69) is 5.32 Å². The summed E-state index contributed by atoms with van der Waals surface area (Å²) in [5.41, 5.74) is 2.52. The molecule has 0 bridgehead atoms. The van der Waals surface area contributed by atoms with Gasteiger partial charge < -0.3 is 14.8 Å². The molecule has 0 saturated carbocycles. The molecule has 0 aromatic heterocycles. The highest BCUT2D eigenvalue weighted by atomic mass is 35.5. The van der Waals surface area contributed by atoms with Crippen molar-refractivity contribution in [1.82, 2.24) is 4.90 Å². The summed E-state index contributed by atoms with van der Waals surface area (Å²) in [4.78, 5) is 28.0. The van der Waals surface area contributed by atoms with E-state index in [1.54, 1.807) is 49.6 Å². The Balaban J connectivity index is 1.74. The van der Waals surface area contributed by atoms with Crippen LogP contribution in [0.25, 0.3) is 5.57 Å². The number of hydrogen-bond acceptors (Lipinski definition) is 5. The van der Waals surface area contributed by atoms with Gasteiger partial charge in [-0.2, -0.15) is 0 Å². The Labute approximate surface area is 191 Å². The maximum absolute atomic E-state index is 13.4. The van der Waals surface area contributed by atoms with Crippen molar-refractivity contribution in [3.05, 3.63) is 94.6 Å². The van der Waals surface area contributed by atoms with Crippen molar-refractivity contribution in [2.45, 2.75) is 6.54 Å². The van der Waals surface area contributed by atoms with Gasteiger partial charge in [-0.05, 0) is 41.5 Å². The van der Waals surface area contributed by atoms with Crippen molar-refractivity contribution in [1.29, 1.82) is 0 Å². The molecule has 4 rings (SSSR count). The zero-order valence-corrected chi connectivity index (χ0v) is 18.3. The summed E-state index contributed by atoms with van der Waals surface area (Å²) in [5.74, 6) is 0.396. The van der Waals surface area contributed by atoms with Crippen molar-refractivity contribution in [2.75, 3.05) is 19.5 Å². The minimum absolute atomic E-state index is 0.173. The van der Waals surface area contributed by atoms with Gasteiger partial charge in [0.15, 0.2) is 0 Å². The van der Waals surface area contributed by atoms with Crippen LogP contribution in [0.15, 0.2) is 78.5 Å². The van der Waals surface area contributed by atoms with Crippen LogP contribution in [0.5, 0.6) is 11.5 Å². The van der Waals surface area contributed by atoms with Crippen molar-refractivity contribution in [3.8, 4) is 11.5 Å². The second-order valence-electron chi connectivity index (χ2n) is 7.13. The van der Waals surface area contributed by atoms with Gasteiger partial charge in [0.2, 0.25) is 0 Å². The third-order valence-corrected chi connectivity index (χ3v) is 5.45. The van der Waals surface area contributed by atoms with E-state index < -0.39 is 5.91 Å². The first-order valence-electron chi connectivity index (χ1n) is 9.91. The van der Waals surface area contributed by atoms with Gasteiger partial charge >= 0.3 is 0 Å². The monoisotopic (exact) mass is 448 g/mol. The number of halogens is 1. The summed E-state index contributed by atoms with van der Waals surface area (Å²) in [7, 11) is 3.10. The number of nitrogens with zero attached hydrogens (tertiary/aromatic N) is 1. The largest absolute Gasteiger partial charge is 0.497 e. The zero-order chi connectivity index (χ0) is 22.7. The molecule has 0 aliphatic carbocycles. The Bertz CT molecular complexity index is 1190. The molecule has 1 heterocycles. The molecule has 0 unspecified atom stereocenters. The normalized spacial score (nSPS) is 13.5. The molecule has 6 nitrogen and oxygen atoms in total. The van der Waals surface area contributed by atoms with Crippen molar-refractivity contribution in [3.63, 3.8) is 0 Å². The molecule has 1 aliphatic rings. The Kier molecular flexibility index (Phi) is 6.14. The number of carbonyl (C=O) groups is 2. The minimum atomic E-state index is -0.406. The summed E-state index contributed by atoms with van der Waals surface area (Å²) in [6, 6.07) is 21.5. The van der Waals surface area contributed by atoms with Crippen molar-refractivity contribution < 1.29 is 19.1 Å². The van der Waals surface area contributed by atoms with Crippen LogP contribution in [0.3, 0.4) is 0 Å². The van der Waals surface area contributed by atoms with Gasteiger partial charge in [0.1, 0.15) is 17.2 Å². The minimum Gasteiger partial charge on any atom is -0.497 e. The molecular weight excluding hydrogens is 428 g/mol. The number of imide groups is 1. The van der Waals surface area contributed by atoms with Crippen LogP contribution in [0.1, 0.15) is 11.1 Å². The summed E-state index contributed by atoms with van der Waals surface area (Å²) in [6.07, 6.45) is 0. The molecule has 3 aromatic carbocycles. The summed E-state index contributed by atoms with van der Waals surface area (Å²) in [6.45, 7) is 0.173. The molecule has 0 atom stereocenters. The van der Waals surface area contributed by atoms with Crippen LogP contribution in [0, 0.1) is 0 Å². The van der Waals surface area contributed by atoms with E-state index in [9.17, 15) is 9.59 Å². The number of rotatable bonds is 7. The molecule has 0 saturated heterocycles. The standard InChI is InChI=1S/C25H21ClN2O4/c1-31-19-11-8-17(9-12-19)22-23(27-18-10-13-21(32-2)20(26)14-18)25(30)28(24(22)29)15-16-6-4-3-5-7-16/h3-14,27H,15H2,1-2H3. The van der Waals surface area contributed by atoms with E-state index in [1.807, 2.05) is 30.3 Å². The van der Waals surface area contributed by atoms with Gasteiger partial charge in [0.05, 0.1) is 31.4 Å². The van der Waals surface area contributed by atoms with Gasteiger partial charge in [-0.1, -0.05) is 54.1 Å². The van der Waals surface area contributed by atoms with Crippen LogP contribution in [0.2, 0.25) is 5.02 Å². The smallest absolute Gasteiger partial charge is 0.278 e. The number of nitrogens with one attached hydrogen (secondary N) is 1. The van der Waals surface area contributed by atoms with Crippen LogP contribution >= 0.6 is 11.6 Å². The Morgan fingerprint density at radius 2 is 1.59 bits per heavy atom. The molecule has 1 N–H and O–H groups in total. The Morgan fingerprint density at radius 3 is 2.22 bits per heavy atom. The van der Waals surface area contributed by atoms with Crippen molar-refractivity contribution in [2.24, 2.45) is 0 Å². The van der Waals surface area contributed by atoms with Crippen LogP contribution < -0.4 is 14.8 Å². The fourth-order valence-electron chi connectivity index (χ4n) is 3.52. The molecular formula is C25H21ClN2O4. The molecule has 32 heavy (non-hydrogen) atoms. The maximum Gasteiger partial charge on any atom is 0.278 e. The summed E-state index contributed by atoms with van der Waals surface area (Å²) >= 11 is 6.25. The molecule has 0 radical (unpaired) electrons. The average molecular weight is 449 g/mol. The second-order valence-corrected chi connectivity index (χ2v) is 7.54. The van der Waals surface area contributed by atoms with E-state index >= 15 is 0 Å². The topological polar surface area (TPSA) is 67.9 Å². The number of amides is 2. The maximum atomic E-state index is 13.4. The molecule has 162 valence electrons. The quantitative estimate of drug-likeness (QED) is 0.528. The van der Waals surface area contributed by atoms with E-state index in [4.69, 9.17) is 21.1 Å². The number of hydrogen-bond donors (Lipinski definition) is 1. The highest BCUT2D eigenvalue weighted by Gasteiger charge is 2.39. The Hall–Kier alpha value is -3.77. The number of anilines is 1. The molecule has 1 aliphatic heterocycles. The first-order valence-corrected chi connectivity index (χ1v) is 10.3. The van der Waals surface area contributed by atoms with Crippen LogP contribution in [-0.4, -0.2) is 30.9 Å². The highest BCUT2D eigenvalue weighted by molar-refractivity contribution is 6.36. The average Bonchev–Trinajstić information content (AvgIpc) is 3.04. The lowest BCUT2D eigenvalue weighted by Gasteiger charge is -2.15. The molecule has 2 amide bonds. The number of ether oxygens (including phenoxy) is 2. The number of methoxy groups -OCH3 is 2. The van der Waals surface area contributed by atoms with E-state index in [0.717, 1.165) is 5.56 Å². The molecule has 0 fully saturated rings. The zero-order valence-electron chi connectivity index (χ0n) is 17.6. The van der Waals surface area contributed by atoms with Gasteiger partial charge in [-0.3, -0.25) is 14.5 Å². The predicted octanol–water partition coefficient (Wildman–Crippen LogP) is 4.75. The van der Waals surface area contributed by atoms with E-state index in [1.165, 1.54) is 12.0 Å². The number of benzene rings is 3. The number of carbonyl (C=O) groups excluding carboxylic acids is 2. The SMILES string of the molecule is COc1ccc(C2=C(Nc3ccc(OC)c(Cl)c3)C(=O)N(Cc3ccccc3)C2=O)cc1. The molecule has 7 heteroatoms. The fourth-order valence-corrected chi connectivity index (χ4v) is 3.77. The van der Waals surface area contributed by atoms with Gasteiger partial charge in [-0.15, -0.1) is 0 Å². The van der Waals surface area contributed by atoms with Crippen LogP contribution in [0.4, 0.5) is 5.69 Å². The third-order valence-electron chi connectivity index (χ3n) is 5.15. The second kappa shape index (κ2) is 9.16. The lowest BCUT2D eigenvalue weighted by molar-refractivity contribution is -0.137. The van der Waals surface area contributed by atoms with Crippen LogP contribution in [-0.2, 0) is 16.1 Å². The third kappa shape index (κ3) is 4.18. The Morgan fingerprint density at radius 1 is 0.875 bits per heavy atom. The van der Waals surface area contributed by atoms with Gasteiger partial charge in [0, 0.05) is 5.69 Å². The predicted molar refractivity (Wildman–Crippen MR) is 124 cm³/mol. The fraction of sp³-hybridized carbons (Fsp3) is 0.120. The van der Waals surface area contributed by atoms with E-state index in [0.29, 0.717) is 33.3 Å². The molecule has 3 aromatic rings. The first kappa shape index (κ1) is 21.5. The van der Waals surface area contributed by atoms with Crippen molar-refractivity contribution >= 4 is 34.7 Å². The first-order chi connectivity index (χ1) is 15.5. The lowest BCUT2D eigenvalue weighted by atomic mass is 10.0. The van der Waals surface area contributed by atoms with Gasteiger partial charge in [0.25, 0.3) is 11.8 Å². The van der Waals surface area contributed by atoms with E-state index in [-0.39, 0.29) is 18.1 Å². The molecule has 0 spiro atoms. The van der Waals surface area contributed by atoms with Gasteiger partial charge in [-0.25, -0.2) is 0 Å². The summed E-state index contributed by atoms with van der Waals surface area (Å²) < 4.78 is 10.4. The highest BCUT2D eigenvalue weighted by Crippen LogP contribution is 2.34. The summed E-state index contributed by atoms with van der Waals surface area (Å²) in [5, 5.41) is 3.49.